The number of carbonyl (C=O) groups excluding carboxylic acids is 2. The van der Waals surface area contributed by atoms with E-state index in [1.54, 1.807) is 12.1 Å². The van der Waals surface area contributed by atoms with Gasteiger partial charge >= 0.3 is 15.6 Å². The number of nitrogens with one attached hydrogen (secondary N) is 1. The summed E-state index contributed by atoms with van der Waals surface area (Å²) in [6.07, 6.45) is 4.07. The van der Waals surface area contributed by atoms with Crippen molar-refractivity contribution in [1.82, 2.24) is 5.43 Å². The van der Waals surface area contributed by atoms with Crippen molar-refractivity contribution in [2.24, 2.45) is 5.92 Å². The van der Waals surface area contributed by atoms with Gasteiger partial charge in [-0.2, -0.15) is 0 Å². The molecule has 0 aliphatic carbocycles. The summed E-state index contributed by atoms with van der Waals surface area (Å²) in [6.45, 7) is 4.11. The number of hydrazine groups is 1. The van der Waals surface area contributed by atoms with Gasteiger partial charge in [0.1, 0.15) is 5.92 Å². The molecule has 178 valence electrons. The molecule has 2 amide bonds. The van der Waals surface area contributed by atoms with Crippen molar-refractivity contribution >= 4 is 33.1 Å². The number of phosphoric ester groups is 1. The Kier molecular flexibility index (Phi) is 13.7. The Balaban J connectivity index is 0.000000541. The summed E-state index contributed by atoms with van der Waals surface area (Å²) in [5, 5.41) is 1.35. The van der Waals surface area contributed by atoms with Crippen LogP contribution in [0.5, 0.6) is 0 Å². The van der Waals surface area contributed by atoms with Gasteiger partial charge in [-0.05, 0) is 25.0 Å². The fourth-order valence-electron chi connectivity index (χ4n) is 2.27. The third kappa shape index (κ3) is 14.9. The molecule has 1 aromatic rings. The minimum atomic E-state index is -4.64. The molecule has 6 N–H and O–H groups in total. The SMILES string of the molecule is CCCCC1C(=O)NN(c2ccccc2)C1=O.CCCCOP(=O)(O)O.O=P(O)(O)O. The molecule has 14 heteroatoms. The van der Waals surface area contributed by atoms with E-state index in [2.05, 4.69) is 9.95 Å². The van der Waals surface area contributed by atoms with Crippen LogP contribution in [0, 0.1) is 5.92 Å². The molecule has 0 radical (unpaired) electrons. The monoisotopic (exact) mass is 484 g/mol. The maximum atomic E-state index is 12.1. The van der Waals surface area contributed by atoms with E-state index in [4.69, 9.17) is 29.0 Å². The number of amides is 2. The Hall–Kier alpha value is -1.62. The van der Waals surface area contributed by atoms with Gasteiger partial charge in [0.05, 0.1) is 12.3 Å². The summed E-state index contributed by atoms with van der Waals surface area (Å²) < 4.78 is 23.0. The third-order valence-corrected chi connectivity index (χ3v) is 4.19. The molecule has 1 fully saturated rings. The molecule has 1 aliphatic heterocycles. The first-order valence-electron chi connectivity index (χ1n) is 9.48. The second kappa shape index (κ2) is 14.4. The number of unbranched alkanes of at least 4 members (excludes halogenated alkanes) is 2. The maximum absolute atomic E-state index is 12.1. The smallest absolute Gasteiger partial charge is 0.303 e. The molecule has 1 atom stereocenters. The van der Waals surface area contributed by atoms with Crippen molar-refractivity contribution in [3.63, 3.8) is 0 Å². The summed E-state index contributed by atoms with van der Waals surface area (Å²) in [5.41, 5.74) is 3.34. The fourth-order valence-corrected chi connectivity index (χ4v) is 2.64. The van der Waals surface area contributed by atoms with Crippen LogP contribution in [0.25, 0.3) is 0 Å². The number of nitrogens with zero attached hydrogens (tertiary/aromatic N) is 1. The van der Waals surface area contributed by atoms with Crippen LogP contribution in [0.4, 0.5) is 5.69 Å². The number of hydrogen-bond acceptors (Lipinski definition) is 5. The number of rotatable bonds is 8. The van der Waals surface area contributed by atoms with Gasteiger partial charge < -0.3 is 24.5 Å². The first-order valence-corrected chi connectivity index (χ1v) is 12.6. The molecule has 0 spiro atoms. The molecule has 31 heavy (non-hydrogen) atoms. The van der Waals surface area contributed by atoms with Gasteiger partial charge in [-0.25, -0.2) is 14.1 Å². The molecule has 0 bridgehead atoms. The summed E-state index contributed by atoms with van der Waals surface area (Å²) in [4.78, 5) is 61.6. The van der Waals surface area contributed by atoms with Crippen LogP contribution in [-0.2, 0) is 23.2 Å². The Morgan fingerprint density at radius 3 is 1.94 bits per heavy atom. The minimum absolute atomic E-state index is 0.140. The van der Waals surface area contributed by atoms with Gasteiger partial charge in [0.15, 0.2) is 0 Å². The molecule has 1 aromatic carbocycles. The Morgan fingerprint density at radius 1 is 0.968 bits per heavy atom. The zero-order chi connectivity index (χ0) is 24.1. The molecular weight excluding hydrogens is 454 g/mol. The Bertz CT molecular complexity index is 757. The van der Waals surface area contributed by atoms with Crippen LogP contribution in [0.2, 0.25) is 0 Å². The predicted octanol–water partition coefficient (Wildman–Crippen LogP) is 1.84. The van der Waals surface area contributed by atoms with Crippen molar-refractivity contribution in [3.8, 4) is 0 Å². The van der Waals surface area contributed by atoms with Crippen molar-refractivity contribution in [3.05, 3.63) is 30.3 Å². The molecule has 1 unspecified atom stereocenters. The lowest BCUT2D eigenvalue weighted by Gasteiger charge is -2.14. The van der Waals surface area contributed by atoms with Crippen LogP contribution in [0.3, 0.4) is 0 Å². The highest BCUT2D eigenvalue weighted by Gasteiger charge is 2.39. The molecule has 0 aromatic heterocycles. The van der Waals surface area contributed by atoms with Crippen molar-refractivity contribution in [2.45, 2.75) is 46.0 Å². The van der Waals surface area contributed by atoms with Crippen LogP contribution in [0.15, 0.2) is 30.3 Å². The van der Waals surface area contributed by atoms with E-state index < -0.39 is 21.6 Å². The quantitative estimate of drug-likeness (QED) is 0.180. The minimum Gasteiger partial charge on any atom is -0.303 e. The zero-order valence-corrected chi connectivity index (χ0v) is 19.1. The first-order chi connectivity index (χ1) is 14.3. The number of anilines is 1. The van der Waals surface area contributed by atoms with Crippen LogP contribution >= 0.6 is 15.6 Å². The van der Waals surface area contributed by atoms with Gasteiger partial charge in [-0.3, -0.25) is 19.5 Å². The Labute approximate surface area is 180 Å². The first kappa shape index (κ1) is 29.4. The zero-order valence-electron chi connectivity index (χ0n) is 17.3. The largest absolute Gasteiger partial charge is 0.469 e. The van der Waals surface area contributed by atoms with Gasteiger partial charge in [-0.15, -0.1) is 0 Å². The van der Waals surface area contributed by atoms with Gasteiger partial charge in [0.25, 0.3) is 11.8 Å². The van der Waals surface area contributed by atoms with Crippen LogP contribution < -0.4 is 10.4 Å². The lowest BCUT2D eigenvalue weighted by molar-refractivity contribution is -0.127. The highest BCUT2D eigenvalue weighted by molar-refractivity contribution is 7.46. The summed E-state index contributed by atoms with van der Waals surface area (Å²) >= 11 is 0. The average Bonchev–Trinajstić information content (AvgIpc) is 2.93. The van der Waals surface area contributed by atoms with E-state index in [0.717, 1.165) is 19.3 Å². The summed E-state index contributed by atoms with van der Waals surface area (Å²) in [7, 11) is -8.83. The molecule has 1 saturated heterocycles. The van der Waals surface area contributed by atoms with Crippen molar-refractivity contribution in [1.29, 1.82) is 0 Å². The Morgan fingerprint density at radius 2 is 1.48 bits per heavy atom. The van der Waals surface area contributed by atoms with Gasteiger partial charge in [-0.1, -0.05) is 51.3 Å². The number of hydrogen-bond donors (Lipinski definition) is 6. The molecule has 1 aliphatic rings. The molecule has 0 saturated carbocycles. The lowest BCUT2D eigenvalue weighted by Crippen LogP contribution is -2.35. The van der Waals surface area contributed by atoms with Crippen molar-refractivity contribution < 1.29 is 47.7 Å². The molecule has 1 heterocycles. The van der Waals surface area contributed by atoms with Gasteiger partial charge in [0, 0.05) is 0 Å². The van der Waals surface area contributed by atoms with Crippen LogP contribution in [0.1, 0.15) is 46.0 Å². The van der Waals surface area contributed by atoms with E-state index in [9.17, 15) is 14.2 Å². The highest BCUT2D eigenvalue weighted by atomic mass is 31.2. The molecule has 2 rings (SSSR count). The van der Waals surface area contributed by atoms with E-state index in [1.807, 2.05) is 32.0 Å². The number of carbonyl (C=O) groups is 2. The second-order valence-corrected chi connectivity index (χ2v) is 8.64. The molecule has 12 nitrogen and oxygen atoms in total. The predicted molar refractivity (Wildman–Crippen MR) is 112 cm³/mol. The number of benzene rings is 1. The maximum Gasteiger partial charge on any atom is 0.469 e. The van der Waals surface area contributed by atoms with E-state index in [-0.39, 0.29) is 18.4 Å². The topological polar surface area (TPSA) is 194 Å². The van der Waals surface area contributed by atoms with E-state index in [0.29, 0.717) is 18.5 Å². The lowest BCUT2D eigenvalue weighted by atomic mass is 10.0. The average molecular weight is 484 g/mol. The molecular formula is C17H30N2O10P2. The fraction of sp³-hybridized carbons (Fsp3) is 0.529. The second-order valence-electron chi connectivity index (χ2n) is 6.37. The standard InChI is InChI=1S/C13H16N2O2.C4H11O4P.H3O4P/c1-2-3-9-11-12(16)14-15(13(11)17)10-7-5-4-6-8-10;1-2-3-4-8-9(5,6)7;1-5(2,3)4/h4-8,11H,2-3,9H2,1H3,(H,14,16);2-4H2,1H3,(H2,5,6,7);(H3,1,2,3,4). The number of phosphoric acid groups is 2. The number of para-hydroxylation sites is 1. The van der Waals surface area contributed by atoms with Gasteiger partial charge in [0.2, 0.25) is 0 Å². The normalized spacial score (nSPS) is 16.1. The third-order valence-electron chi connectivity index (χ3n) is 3.68. The van der Waals surface area contributed by atoms with Crippen LogP contribution in [-0.4, -0.2) is 42.9 Å². The van der Waals surface area contributed by atoms with Crippen molar-refractivity contribution in [2.75, 3.05) is 11.6 Å². The summed E-state index contributed by atoms with van der Waals surface area (Å²) in [6, 6.07) is 9.17. The highest BCUT2D eigenvalue weighted by Crippen LogP contribution is 2.35. The van der Waals surface area contributed by atoms with E-state index in [1.165, 1.54) is 5.01 Å². The summed E-state index contributed by atoms with van der Waals surface area (Å²) in [5.74, 6) is -0.850. The van der Waals surface area contributed by atoms with E-state index >= 15 is 0 Å².